The van der Waals surface area contributed by atoms with Crippen molar-refractivity contribution in [3.05, 3.63) is 70.9 Å². The van der Waals surface area contributed by atoms with Crippen LogP contribution in [0.2, 0.25) is 5.02 Å². The summed E-state index contributed by atoms with van der Waals surface area (Å²) in [7, 11) is 0. The number of aliphatic hydroxyl groups excluding tert-OH is 1. The molecule has 0 aliphatic heterocycles. The minimum Gasteiger partial charge on any atom is -0.473 e. The number of aliphatic hydroxyl groups is 1. The molecule has 2 atom stereocenters. The van der Waals surface area contributed by atoms with Gasteiger partial charge in [-0.25, -0.2) is 9.59 Å². The number of primary amides is 1. The molecular formula is C21H22ClN3O6. The number of carboxylic acid groups (broad SMARTS) is 2. The van der Waals surface area contributed by atoms with Crippen LogP contribution < -0.4 is 11.1 Å². The zero-order chi connectivity index (χ0) is 23.0. The zero-order valence-electron chi connectivity index (χ0n) is 16.3. The average molecular weight is 448 g/mol. The summed E-state index contributed by atoms with van der Waals surface area (Å²) >= 11 is 5.94. The van der Waals surface area contributed by atoms with Gasteiger partial charge < -0.3 is 31.4 Å². The molecule has 3 rings (SSSR count). The molecule has 0 saturated heterocycles. The Morgan fingerprint density at radius 1 is 1.06 bits per heavy atom. The molecule has 2 aromatic carbocycles. The van der Waals surface area contributed by atoms with E-state index in [1.165, 1.54) is 0 Å². The van der Waals surface area contributed by atoms with Gasteiger partial charge in [0.15, 0.2) is 0 Å². The number of benzene rings is 2. The molecule has 7 N–H and O–H groups in total. The zero-order valence-corrected chi connectivity index (χ0v) is 17.0. The van der Waals surface area contributed by atoms with Gasteiger partial charge in [-0.1, -0.05) is 41.9 Å². The van der Waals surface area contributed by atoms with E-state index in [9.17, 15) is 9.90 Å². The summed E-state index contributed by atoms with van der Waals surface area (Å²) in [5.41, 5.74) is 8.24. The van der Waals surface area contributed by atoms with Crippen LogP contribution >= 0.6 is 11.6 Å². The lowest BCUT2D eigenvalue weighted by molar-refractivity contribution is -0.159. The number of nitrogens with one attached hydrogen (secondary N) is 2. The maximum atomic E-state index is 11.8. The number of amides is 1. The number of aliphatic carboxylic acids is 2. The summed E-state index contributed by atoms with van der Waals surface area (Å²) < 4.78 is 0. The number of aromatic nitrogens is 1. The predicted octanol–water partition coefficient (Wildman–Crippen LogP) is 1.70. The van der Waals surface area contributed by atoms with Crippen LogP contribution in [0.25, 0.3) is 10.9 Å². The summed E-state index contributed by atoms with van der Waals surface area (Å²) in [6.07, 6.45) is 1.56. The van der Waals surface area contributed by atoms with E-state index in [0.717, 1.165) is 16.5 Å². The fourth-order valence-corrected chi connectivity index (χ4v) is 3.08. The Kier molecular flexibility index (Phi) is 8.56. The predicted molar refractivity (Wildman–Crippen MR) is 115 cm³/mol. The largest absolute Gasteiger partial charge is 0.473 e. The molecule has 1 unspecified atom stereocenters. The Bertz CT molecular complexity index is 1060. The van der Waals surface area contributed by atoms with Gasteiger partial charge in [-0.3, -0.25) is 4.79 Å². The molecule has 0 fully saturated rings. The minimum atomic E-state index is -1.82. The molecule has 0 spiro atoms. The van der Waals surface area contributed by atoms with Crippen LogP contribution in [0.15, 0.2) is 54.7 Å². The third-order valence-electron chi connectivity index (χ3n) is 4.42. The van der Waals surface area contributed by atoms with Crippen molar-refractivity contribution in [2.75, 3.05) is 6.54 Å². The van der Waals surface area contributed by atoms with Gasteiger partial charge in [0.1, 0.15) is 0 Å². The molecule has 1 heterocycles. The number of fused-ring (bicyclic) bond motifs is 1. The van der Waals surface area contributed by atoms with E-state index in [-0.39, 0.29) is 6.54 Å². The van der Waals surface area contributed by atoms with Crippen molar-refractivity contribution >= 4 is 40.3 Å². The highest BCUT2D eigenvalue weighted by atomic mass is 35.5. The SMILES string of the molecule is NC(=O)[C@@H](Cc1c[nH]c2ccccc12)NCC(O)c1cccc(Cl)c1.O=C(O)C(=O)O. The van der Waals surface area contributed by atoms with Gasteiger partial charge >= 0.3 is 11.9 Å². The summed E-state index contributed by atoms with van der Waals surface area (Å²) in [6.45, 7) is 0.205. The molecule has 10 heteroatoms. The Labute approximate surface area is 182 Å². The van der Waals surface area contributed by atoms with Crippen LogP contribution in [0.1, 0.15) is 17.2 Å². The molecule has 1 aromatic heterocycles. The van der Waals surface area contributed by atoms with Crippen LogP contribution in [0.4, 0.5) is 0 Å². The number of rotatable bonds is 7. The van der Waals surface area contributed by atoms with Gasteiger partial charge in [-0.05, 0) is 35.7 Å². The maximum Gasteiger partial charge on any atom is 0.414 e. The Balaban J connectivity index is 0.000000501. The lowest BCUT2D eigenvalue weighted by atomic mass is 10.0. The molecule has 164 valence electrons. The molecule has 0 bridgehead atoms. The third kappa shape index (κ3) is 7.10. The summed E-state index contributed by atoms with van der Waals surface area (Å²) in [5.74, 6) is -4.10. The average Bonchev–Trinajstić information content (AvgIpc) is 3.14. The standard InChI is InChI=1S/C19H20ClN3O2.C2H2O4/c20-14-5-3-4-12(8-14)18(24)11-23-17(19(21)25)9-13-10-22-16-7-2-1-6-15(13)16;3-1(4)2(5)6/h1-8,10,17-18,22-24H,9,11H2,(H2,21,25);(H,3,4)(H,5,6)/t17-,18?;/m1./s1. The highest BCUT2D eigenvalue weighted by Crippen LogP contribution is 2.20. The van der Waals surface area contributed by atoms with Crippen molar-refractivity contribution in [2.24, 2.45) is 5.73 Å². The van der Waals surface area contributed by atoms with Crippen molar-refractivity contribution < 1.29 is 29.7 Å². The molecule has 0 radical (unpaired) electrons. The molecule has 0 aliphatic carbocycles. The van der Waals surface area contributed by atoms with Crippen LogP contribution in [0.3, 0.4) is 0 Å². The fourth-order valence-electron chi connectivity index (χ4n) is 2.88. The number of carbonyl (C=O) groups excluding carboxylic acids is 1. The van der Waals surface area contributed by atoms with Gasteiger partial charge in [0.25, 0.3) is 0 Å². The Hall–Kier alpha value is -3.40. The molecule has 3 aromatic rings. The highest BCUT2D eigenvalue weighted by Gasteiger charge is 2.19. The van der Waals surface area contributed by atoms with Crippen molar-refractivity contribution in [3.63, 3.8) is 0 Å². The molecule has 0 aliphatic rings. The van der Waals surface area contributed by atoms with E-state index in [4.69, 9.17) is 37.1 Å². The topological polar surface area (TPSA) is 166 Å². The maximum absolute atomic E-state index is 11.8. The smallest absolute Gasteiger partial charge is 0.414 e. The number of carbonyl (C=O) groups is 3. The second-order valence-corrected chi connectivity index (χ2v) is 7.04. The fraction of sp³-hybridized carbons (Fsp3) is 0.190. The number of nitrogens with two attached hydrogens (primary N) is 1. The van der Waals surface area contributed by atoms with Gasteiger partial charge in [0, 0.05) is 28.7 Å². The van der Waals surface area contributed by atoms with Gasteiger partial charge in [-0.2, -0.15) is 0 Å². The van der Waals surface area contributed by atoms with Crippen molar-refractivity contribution in [1.82, 2.24) is 10.3 Å². The number of hydrogen-bond acceptors (Lipinski definition) is 5. The van der Waals surface area contributed by atoms with E-state index in [0.29, 0.717) is 17.0 Å². The van der Waals surface area contributed by atoms with E-state index in [2.05, 4.69) is 10.3 Å². The number of hydrogen-bond donors (Lipinski definition) is 6. The number of carboxylic acids is 2. The van der Waals surface area contributed by atoms with Crippen molar-refractivity contribution in [2.45, 2.75) is 18.6 Å². The lowest BCUT2D eigenvalue weighted by Gasteiger charge is -2.18. The highest BCUT2D eigenvalue weighted by molar-refractivity contribution is 6.30. The summed E-state index contributed by atoms with van der Waals surface area (Å²) in [5, 5.41) is 29.8. The number of H-pyrrole nitrogens is 1. The number of halogens is 1. The minimum absolute atomic E-state index is 0.205. The van der Waals surface area contributed by atoms with Gasteiger partial charge in [0.05, 0.1) is 12.1 Å². The van der Waals surface area contributed by atoms with E-state index in [1.54, 1.807) is 24.3 Å². The van der Waals surface area contributed by atoms with Crippen LogP contribution in [0, 0.1) is 0 Å². The molecular weight excluding hydrogens is 426 g/mol. The Morgan fingerprint density at radius 2 is 1.74 bits per heavy atom. The number of aromatic amines is 1. The van der Waals surface area contributed by atoms with E-state index in [1.807, 2.05) is 30.5 Å². The molecule has 1 amide bonds. The first kappa shape index (κ1) is 23.9. The van der Waals surface area contributed by atoms with Crippen molar-refractivity contribution in [1.29, 1.82) is 0 Å². The van der Waals surface area contributed by atoms with Crippen LogP contribution in [0.5, 0.6) is 0 Å². The first-order valence-corrected chi connectivity index (χ1v) is 9.54. The van der Waals surface area contributed by atoms with E-state index < -0.39 is 30.0 Å². The summed E-state index contributed by atoms with van der Waals surface area (Å²) in [6, 6.07) is 14.3. The lowest BCUT2D eigenvalue weighted by Crippen LogP contribution is -2.44. The second-order valence-electron chi connectivity index (χ2n) is 6.61. The molecule has 0 saturated carbocycles. The van der Waals surface area contributed by atoms with Gasteiger partial charge in [-0.15, -0.1) is 0 Å². The van der Waals surface area contributed by atoms with Crippen molar-refractivity contribution in [3.8, 4) is 0 Å². The third-order valence-corrected chi connectivity index (χ3v) is 4.65. The first-order chi connectivity index (χ1) is 14.7. The number of para-hydroxylation sites is 1. The second kappa shape index (κ2) is 11.1. The monoisotopic (exact) mass is 447 g/mol. The van der Waals surface area contributed by atoms with E-state index >= 15 is 0 Å². The molecule has 9 nitrogen and oxygen atoms in total. The summed E-state index contributed by atoms with van der Waals surface area (Å²) in [4.78, 5) is 33.2. The normalized spacial score (nSPS) is 12.5. The van der Waals surface area contributed by atoms with Gasteiger partial charge in [0.2, 0.25) is 5.91 Å². The first-order valence-electron chi connectivity index (χ1n) is 9.16. The Morgan fingerprint density at radius 3 is 2.35 bits per heavy atom. The molecule has 31 heavy (non-hydrogen) atoms. The van der Waals surface area contributed by atoms with Crippen LogP contribution in [-0.2, 0) is 20.8 Å². The quantitative estimate of drug-likeness (QED) is 0.300. The van der Waals surface area contributed by atoms with Crippen LogP contribution in [-0.4, -0.2) is 50.7 Å².